The molecule has 18 heavy (non-hydrogen) atoms. The lowest BCUT2D eigenvalue weighted by atomic mass is 10.3. The number of hydrogen-bond donors (Lipinski definition) is 0. The fraction of sp³-hybridized carbons (Fsp3) is 0.143. The first-order valence-electron chi connectivity index (χ1n) is 5.51. The van der Waals surface area contributed by atoms with E-state index in [1.165, 1.54) is 0 Å². The van der Waals surface area contributed by atoms with Crippen molar-refractivity contribution in [2.45, 2.75) is 0 Å². The maximum absolute atomic E-state index is 5.85. The van der Waals surface area contributed by atoms with Crippen LogP contribution in [-0.4, -0.2) is 13.2 Å². The van der Waals surface area contributed by atoms with Crippen molar-refractivity contribution in [1.29, 1.82) is 0 Å². The molecule has 0 aliphatic carbocycles. The van der Waals surface area contributed by atoms with E-state index in [9.17, 15) is 0 Å². The third-order valence-electron chi connectivity index (χ3n) is 2.21. The van der Waals surface area contributed by atoms with Crippen molar-refractivity contribution in [1.82, 2.24) is 0 Å². The van der Waals surface area contributed by atoms with Crippen LogP contribution < -0.4 is 9.47 Å². The van der Waals surface area contributed by atoms with Gasteiger partial charge in [0.2, 0.25) is 0 Å². The summed E-state index contributed by atoms with van der Waals surface area (Å²) in [6.45, 7) is 0.968. The number of benzene rings is 2. The molecule has 0 saturated heterocycles. The molecule has 0 spiro atoms. The molecule has 0 bridgehead atoms. The predicted molar refractivity (Wildman–Crippen MR) is 76.6 cm³/mol. The number of ether oxygens (including phenoxy) is 2. The topological polar surface area (TPSA) is 18.5 Å². The van der Waals surface area contributed by atoms with Crippen LogP contribution >= 0.6 is 27.5 Å². The smallest absolute Gasteiger partial charge is 0.122 e. The lowest BCUT2D eigenvalue weighted by Gasteiger charge is -2.08. The maximum Gasteiger partial charge on any atom is 0.122 e. The first-order chi connectivity index (χ1) is 8.74. The van der Waals surface area contributed by atoms with Gasteiger partial charge in [0.25, 0.3) is 0 Å². The van der Waals surface area contributed by atoms with Crippen LogP contribution in [0.15, 0.2) is 53.0 Å². The van der Waals surface area contributed by atoms with Gasteiger partial charge in [-0.2, -0.15) is 0 Å². The Morgan fingerprint density at radius 3 is 2.11 bits per heavy atom. The third kappa shape index (κ3) is 4.24. The summed E-state index contributed by atoms with van der Waals surface area (Å²) in [7, 11) is 0. The lowest BCUT2D eigenvalue weighted by Crippen LogP contribution is -2.08. The van der Waals surface area contributed by atoms with Crippen LogP contribution in [0, 0.1) is 0 Å². The van der Waals surface area contributed by atoms with Crippen molar-refractivity contribution in [2.75, 3.05) is 13.2 Å². The fourth-order valence-electron chi connectivity index (χ4n) is 1.43. The maximum atomic E-state index is 5.85. The van der Waals surface area contributed by atoms with E-state index in [4.69, 9.17) is 21.1 Å². The van der Waals surface area contributed by atoms with Gasteiger partial charge in [-0.3, -0.25) is 0 Å². The molecular weight excluding hydrogens is 316 g/mol. The molecule has 0 saturated carbocycles. The van der Waals surface area contributed by atoms with Crippen molar-refractivity contribution in [3.05, 3.63) is 58.0 Å². The highest BCUT2D eigenvalue weighted by Gasteiger charge is 1.97. The molecule has 0 aliphatic rings. The molecular formula is C14H12BrClO2. The van der Waals surface area contributed by atoms with Gasteiger partial charge in [-0.05, 0) is 36.4 Å². The summed E-state index contributed by atoms with van der Waals surface area (Å²) >= 11 is 9.24. The summed E-state index contributed by atoms with van der Waals surface area (Å²) < 4.78 is 12.1. The van der Waals surface area contributed by atoms with Crippen molar-refractivity contribution in [3.8, 4) is 11.5 Å². The molecule has 2 rings (SSSR count). The molecule has 0 heterocycles. The molecule has 0 N–H and O–H groups in total. The van der Waals surface area contributed by atoms with E-state index in [-0.39, 0.29) is 0 Å². The van der Waals surface area contributed by atoms with Gasteiger partial charge in [0.1, 0.15) is 24.7 Å². The molecule has 0 aliphatic heterocycles. The van der Waals surface area contributed by atoms with Gasteiger partial charge in [-0.25, -0.2) is 0 Å². The molecule has 2 nitrogen and oxygen atoms in total. The highest BCUT2D eigenvalue weighted by molar-refractivity contribution is 9.10. The Morgan fingerprint density at radius 1 is 0.889 bits per heavy atom. The van der Waals surface area contributed by atoms with Crippen LogP contribution in [0.5, 0.6) is 11.5 Å². The minimum atomic E-state index is 0.479. The van der Waals surface area contributed by atoms with Crippen molar-refractivity contribution < 1.29 is 9.47 Å². The molecule has 2 aromatic carbocycles. The van der Waals surface area contributed by atoms with E-state index in [1.807, 2.05) is 42.5 Å². The summed E-state index contributed by atoms with van der Waals surface area (Å²) in [6, 6.07) is 15.0. The van der Waals surface area contributed by atoms with Gasteiger partial charge in [0.15, 0.2) is 0 Å². The molecule has 0 fully saturated rings. The Hall–Kier alpha value is -1.19. The number of hydrogen-bond acceptors (Lipinski definition) is 2. The van der Waals surface area contributed by atoms with Crippen molar-refractivity contribution in [3.63, 3.8) is 0 Å². The van der Waals surface area contributed by atoms with Gasteiger partial charge in [0, 0.05) is 9.50 Å². The van der Waals surface area contributed by atoms with Crippen LogP contribution in [0.25, 0.3) is 0 Å². The van der Waals surface area contributed by atoms with Crippen LogP contribution in [0.1, 0.15) is 0 Å². The van der Waals surface area contributed by atoms with E-state index in [0.29, 0.717) is 18.2 Å². The van der Waals surface area contributed by atoms with Gasteiger partial charge in [-0.15, -0.1) is 0 Å². The standard InChI is InChI=1S/C14H12BrClO2/c15-11-3-1-5-13(9-11)17-7-8-18-14-6-2-4-12(16)10-14/h1-6,9-10H,7-8H2. The molecule has 0 amide bonds. The highest BCUT2D eigenvalue weighted by atomic mass is 79.9. The van der Waals surface area contributed by atoms with Gasteiger partial charge < -0.3 is 9.47 Å². The molecule has 94 valence electrons. The summed E-state index contributed by atoms with van der Waals surface area (Å²) in [5, 5.41) is 0.667. The average molecular weight is 328 g/mol. The molecule has 0 aromatic heterocycles. The average Bonchev–Trinajstić information content (AvgIpc) is 2.35. The summed E-state index contributed by atoms with van der Waals surface area (Å²) in [5.41, 5.74) is 0. The Bertz CT molecular complexity index is 469. The number of rotatable bonds is 5. The van der Waals surface area contributed by atoms with Crippen molar-refractivity contribution in [2.24, 2.45) is 0 Å². The zero-order chi connectivity index (χ0) is 12.8. The van der Waals surface area contributed by atoms with Gasteiger partial charge >= 0.3 is 0 Å². The Labute approximate surface area is 120 Å². The van der Waals surface area contributed by atoms with E-state index >= 15 is 0 Å². The zero-order valence-electron chi connectivity index (χ0n) is 9.61. The number of halogens is 2. The Kier molecular flexibility index (Phi) is 4.90. The second-order valence-electron chi connectivity index (χ2n) is 3.61. The van der Waals surface area contributed by atoms with Crippen LogP contribution in [-0.2, 0) is 0 Å². The minimum Gasteiger partial charge on any atom is -0.490 e. The second-order valence-corrected chi connectivity index (χ2v) is 4.96. The normalized spacial score (nSPS) is 10.1. The largest absolute Gasteiger partial charge is 0.490 e. The third-order valence-corrected chi connectivity index (χ3v) is 2.94. The molecule has 4 heteroatoms. The summed E-state index contributed by atoms with van der Waals surface area (Å²) in [6.07, 6.45) is 0. The molecule has 0 radical (unpaired) electrons. The second kappa shape index (κ2) is 6.66. The van der Waals surface area contributed by atoms with Crippen LogP contribution in [0.4, 0.5) is 0 Å². The van der Waals surface area contributed by atoms with E-state index in [0.717, 1.165) is 16.0 Å². The zero-order valence-corrected chi connectivity index (χ0v) is 11.9. The molecule has 2 aromatic rings. The van der Waals surface area contributed by atoms with E-state index in [2.05, 4.69) is 15.9 Å². The van der Waals surface area contributed by atoms with Gasteiger partial charge in [-0.1, -0.05) is 39.7 Å². The quantitative estimate of drug-likeness (QED) is 0.750. The first-order valence-corrected chi connectivity index (χ1v) is 6.68. The predicted octanol–water partition coefficient (Wildman–Crippen LogP) is 4.56. The highest BCUT2D eigenvalue weighted by Crippen LogP contribution is 2.18. The van der Waals surface area contributed by atoms with E-state index in [1.54, 1.807) is 6.07 Å². The molecule has 0 unspecified atom stereocenters. The van der Waals surface area contributed by atoms with Crippen molar-refractivity contribution >= 4 is 27.5 Å². The summed E-state index contributed by atoms with van der Waals surface area (Å²) in [5.74, 6) is 1.57. The van der Waals surface area contributed by atoms with Gasteiger partial charge in [0.05, 0.1) is 0 Å². The lowest BCUT2D eigenvalue weighted by molar-refractivity contribution is 0.217. The minimum absolute atomic E-state index is 0.479. The fourth-order valence-corrected chi connectivity index (χ4v) is 1.99. The van der Waals surface area contributed by atoms with Crippen LogP contribution in [0.3, 0.4) is 0 Å². The SMILES string of the molecule is Clc1cccc(OCCOc2cccc(Br)c2)c1. The van der Waals surface area contributed by atoms with E-state index < -0.39 is 0 Å². The Balaban J connectivity index is 1.76. The molecule has 0 atom stereocenters. The van der Waals surface area contributed by atoms with Crippen LogP contribution in [0.2, 0.25) is 5.02 Å². The Morgan fingerprint density at radius 2 is 1.50 bits per heavy atom. The first kappa shape index (κ1) is 13.2. The summed E-state index contributed by atoms with van der Waals surface area (Å²) in [4.78, 5) is 0. The monoisotopic (exact) mass is 326 g/mol.